The molecule has 0 saturated carbocycles. The molecule has 0 saturated heterocycles. The summed E-state index contributed by atoms with van der Waals surface area (Å²) in [7, 11) is 0. The summed E-state index contributed by atoms with van der Waals surface area (Å²) in [5.74, 6) is -3.44. The zero-order valence-electron chi connectivity index (χ0n) is 10.4. The monoisotopic (exact) mass is 319 g/mol. The van der Waals surface area contributed by atoms with Crippen LogP contribution in [0.2, 0.25) is 0 Å². The lowest BCUT2D eigenvalue weighted by molar-refractivity contribution is -0.285. The number of hydrogen-bond donors (Lipinski definition) is 1. The molecule has 0 aliphatic carbocycles. The molecule has 0 aromatic rings. The molecule has 20 heavy (non-hydrogen) atoms. The van der Waals surface area contributed by atoms with Crippen LogP contribution in [0, 0.1) is 5.92 Å². The predicted octanol–water partition coefficient (Wildman–Crippen LogP) is 4.44. The van der Waals surface area contributed by atoms with Crippen molar-refractivity contribution in [1.29, 1.82) is 0 Å². The Balaban J connectivity index is 4.20. The van der Waals surface area contributed by atoms with Gasteiger partial charge in [-0.3, -0.25) is 0 Å². The standard InChI is InChI=1S/C10H14F9N/c1-6(20-5-8(11,12)13)3-2-4-7(9(14,15)16)10(17,18)19/h6-7,20H,2-5H2,1H3. The molecule has 0 aliphatic rings. The van der Waals surface area contributed by atoms with E-state index < -0.39 is 49.9 Å². The highest BCUT2D eigenvalue weighted by molar-refractivity contribution is 4.76. The van der Waals surface area contributed by atoms with E-state index in [0.29, 0.717) is 0 Å². The van der Waals surface area contributed by atoms with E-state index in [0.717, 1.165) is 0 Å². The van der Waals surface area contributed by atoms with Gasteiger partial charge in [-0.1, -0.05) is 6.42 Å². The molecule has 1 N–H and O–H groups in total. The third-order valence-corrected chi connectivity index (χ3v) is 2.57. The topological polar surface area (TPSA) is 12.0 Å². The number of halogens is 9. The largest absolute Gasteiger partial charge is 0.401 e. The first-order chi connectivity index (χ1) is 8.73. The van der Waals surface area contributed by atoms with Gasteiger partial charge >= 0.3 is 18.5 Å². The molecule has 1 unspecified atom stereocenters. The zero-order valence-corrected chi connectivity index (χ0v) is 10.4. The van der Waals surface area contributed by atoms with E-state index in [2.05, 4.69) is 0 Å². The minimum atomic E-state index is -5.40. The van der Waals surface area contributed by atoms with Crippen LogP contribution in [0.4, 0.5) is 39.5 Å². The van der Waals surface area contributed by atoms with Crippen molar-refractivity contribution in [2.75, 3.05) is 6.54 Å². The van der Waals surface area contributed by atoms with Crippen LogP contribution in [0.5, 0.6) is 0 Å². The second kappa shape index (κ2) is 6.86. The minimum absolute atomic E-state index is 0.210. The predicted molar refractivity (Wildman–Crippen MR) is 53.0 cm³/mol. The lowest BCUT2D eigenvalue weighted by atomic mass is 9.99. The molecule has 0 bridgehead atoms. The number of rotatable bonds is 6. The van der Waals surface area contributed by atoms with Gasteiger partial charge in [-0.2, -0.15) is 39.5 Å². The first-order valence-corrected chi connectivity index (χ1v) is 5.67. The van der Waals surface area contributed by atoms with Crippen LogP contribution in [0.1, 0.15) is 26.2 Å². The Bertz CT molecular complexity index is 264. The Hall–Kier alpha value is -0.670. The zero-order chi connectivity index (χ0) is 16.2. The molecule has 1 nitrogen and oxygen atoms in total. The number of alkyl halides is 9. The van der Waals surface area contributed by atoms with Crippen molar-refractivity contribution >= 4 is 0 Å². The fraction of sp³-hybridized carbons (Fsp3) is 1.00. The van der Waals surface area contributed by atoms with Crippen molar-refractivity contribution in [1.82, 2.24) is 5.32 Å². The van der Waals surface area contributed by atoms with Gasteiger partial charge in [-0.05, 0) is 19.8 Å². The molecule has 10 heteroatoms. The Morgan fingerprint density at radius 1 is 0.800 bits per heavy atom. The maximum atomic E-state index is 12.2. The molecule has 0 rings (SSSR count). The van der Waals surface area contributed by atoms with Crippen LogP contribution < -0.4 is 5.32 Å². The summed E-state index contributed by atoms with van der Waals surface area (Å²) in [6.07, 6.45) is -17.2. The van der Waals surface area contributed by atoms with Crippen LogP contribution in [0.25, 0.3) is 0 Å². The summed E-state index contributed by atoms with van der Waals surface area (Å²) in [4.78, 5) is 0. The van der Waals surface area contributed by atoms with Gasteiger partial charge in [0.05, 0.1) is 6.54 Å². The first-order valence-electron chi connectivity index (χ1n) is 5.67. The summed E-state index contributed by atoms with van der Waals surface area (Å²) >= 11 is 0. The van der Waals surface area contributed by atoms with Crippen LogP contribution >= 0.6 is 0 Å². The third kappa shape index (κ3) is 8.49. The number of nitrogens with one attached hydrogen (secondary N) is 1. The van der Waals surface area contributed by atoms with Crippen LogP contribution in [0.3, 0.4) is 0 Å². The molecule has 0 amide bonds. The molecule has 0 aromatic heterocycles. The van der Waals surface area contributed by atoms with Crippen LogP contribution in [-0.4, -0.2) is 31.1 Å². The normalized spacial score (nSPS) is 15.8. The molecular formula is C10H14F9N. The second-order valence-corrected chi connectivity index (χ2v) is 4.46. The Morgan fingerprint density at radius 3 is 1.60 bits per heavy atom. The summed E-state index contributed by atoms with van der Waals surface area (Å²) in [6, 6.07) is -0.821. The molecule has 0 spiro atoms. The average Bonchev–Trinajstić information content (AvgIpc) is 2.16. The van der Waals surface area contributed by atoms with E-state index in [9.17, 15) is 39.5 Å². The van der Waals surface area contributed by atoms with Gasteiger partial charge in [-0.25, -0.2) is 0 Å². The molecule has 1 atom stereocenters. The van der Waals surface area contributed by atoms with Crippen molar-refractivity contribution in [3.8, 4) is 0 Å². The lowest BCUT2D eigenvalue weighted by Crippen LogP contribution is -2.37. The summed E-state index contributed by atoms with van der Waals surface area (Å²) in [5.41, 5.74) is 0. The van der Waals surface area contributed by atoms with Crippen molar-refractivity contribution in [3.05, 3.63) is 0 Å². The van der Waals surface area contributed by atoms with E-state index in [4.69, 9.17) is 0 Å². The van der Waals surface area contributed by atoms with Gasteiger partial charge in [0.1, 0.15) is 0 Å². The van der Waals surface area contributed by atoms with Gasteiger partial charge < -0.3 is 5.32 Å². The van der Waals surface area contributed by atoms with Crippen LogP contribution in [0.15, 0.2) is 0 Å². The maximum absolute atomic E-state index is 12.2. The quantitative estimate of drug-likeness (QED) is 0.714. The number of hydrogen-bond acceptors (Lipinski definition) is 1. The molecule has 122 valence electrons. The van der Waals surface area contributed by atoms with Crippen molar-refractivity contribution in [2.45, 2.75) is 50.8 Å². The Labute approximate surface area is 109 Å². The van der Waals surface area contributed by atoms with Gasteiger partial charge in [-0.15, -0.1) is 0 Å². The van der Waals surface area contributed by atoms with E-state index >= 15 is 0 Å². The van der Waals surface area contributed by atoms with E-state index in [1.807, 2.05) is 5.32 Å². The van der Waals surface area contributed by atoms with Gasteiger partial charge in [0.15, 0.2) is 5.92 Å². The summed E-state index contributed by atoms with van der Waals surface area (Å²) in [5, 5.41) is 1.99. The van der Waals surface area contributed by atoms with E-state index in [1.54, 1.807) is 0 Å². The first kappa shape index (κ1) is 19.3. The highest BCUT2D eigenvalue weighted by Crippen LogP contribution is 2.42. The highest BCUT2D eigenvalue weighted by atomic mass is 19.4. The van der Waals surface area contributed by atoms with Gasteiger partial charge in [0.2, 0.25) is 0 Å². The second-order valence-electron chi connectivity index (χ2n) is 4.46. The average molecular weight is 319 g/mol. The van der Waals surface area contributed by atoms with Crippen molar-refractivity contribution in [3.63, 3.8) is 0 Å². The van der Waals surface area contributed by atoms with E-state index in [-0.39, 0.29) is 6.42 Å². The molecule has 0 aliphatic heterocycles. The maximum Gasteiger partial charge on any atom is 0.401 e. The minimum Gasteiger partial charge on any atom is -0.306 e. The Morgan fingerprint density at radius 2 is 1.25 bits per heavy atom. The SMILES string of the molecule is CC(CCCC(C(F)(F)F)C(F)(F)F)NCC(F)(F)F. The van der Waals surface area contributed by atoms with Crippen molar-refractivity contribution in [2.24, 2.45) is 5.92 Å². The lowest BCUT2D eigenvalue weighted by Gasteiger charge is -2.23. The summed E-state index contributed by atoms with van der Waals surface area (Å²) < 4.78 is 108. The summed E-state index contributed by atoms with van der Waals surface area (Å²) in [6.45, 7) is -0.0714. The molecular weight excluding hydrogens is 305 g/mol. The highest BCUT2D eigenvalue weighted by Gasteiger charge is 2.55. The molecule has 0 radical (unpaired) electrons. The molecule has 0 heterocycles. The van der Waals surface area contributed by atoms with Crippen LogP contribution in [-0.2, 0) is 0 Å². The fourth-order valence-corrected chi connectivity index (χ4v) is 1.53. The van der Waals surface area contributed by atoms with Crippen molar-refractivity contribution < 1.29 is 39.5 Å². The third-order valence-electron chi connectivity index (χ3n) is 2.57. The molecule has 0 aromatic carbocycles. The van der Waals surface area contributed by atoms with Gasteiger partial charge in [0.25, 0.3) is 0 Å². The molecule has 0 fully saturated rings. The fourth-order valence-electron chi connectivity index (χ4n) is 1.53. The van der Waals surface area contributed by atoms with E-state index in [1.165, 1.54) is 6.92 Å². The smallest absolute Gasteiger partial charge is 0.306 e. The Kier molecular flexibility index (Phi) is 6.63. The van der Waals surface area contributed by atoms with Gasteiger partial charge in [0, 0.05) is 6.04 Å².